The molecule has 0 radical (unpaired) electrons. The highest BCUT2D eigenvalue weighted by atomic mass is 16.6. The van der Waals surface area contributed by atoms with Crippen LogP contribution in [0.4, 0.5) is 11.4 Å². The molecule has 0 spiro atoms. The predicted octanol–water partition coefficient (Wildman–Crippen LogP) is 4.46. The van der Waals surface area contributed by atoms with E-state index in [1.54, 1.807) is 6.20 Å². The molecular weight excluding hydrogens is 374 g/mol. The van der Waals surface area contributed by atoms with Crippen molar-refractivity contribution in [3.05, 3.63) is 89.2 Å². The maximum Gasteiger partial charge on any atom is 0.358 e. The van der Waals surface area contributed by atoms with Gasteiger partial charge in [0, 0.05) is 61.4 Å². The van der Waals surface area contributed by atoms with E-state index in [2.05, 4.69) is 48.0 Å². The summed E-state index contributed by atoms with van der Waals surface area (Å²) in [6, 6.07) is 20.3. The van der Waals surface area contributed by atoms with Crippen molar-refractivity contribution < 1.29 is 9.53 Å². The number of benzene rings is 2. The van der Waals surface area contributed by atoms with E-state index in [0.717, 1.165) is 41.2 Å². The first kappa shape index (κ1) is 20.0. The highest BCUT2D eigenvalue weighted by molar-refractivity contribution is 5.94. The molecule has 2 heterocycles. The van der Waals surface area contributed by atoms with Crippen LogP contribution in [0.3, 0.4) is 0 Å². The van der Waals surface area contributed by atoms with Crippen LogP contribution in [0.25, 0.3) is 0 Å². The van der Waals surface area contributed by atoms with Gasteiger partial charge >= 0.3 is 5.97 Å². The number of pyridine rings is 1. The second-order valence-electron chi connectivity index (χ2n) is 7.63. The van der Waals surface area contributed by atoms with Gasteiger partial charge in [0.1, 0.15) is 0 Å². The van der Waals surface area contributed by atoms with Crippen molar-refractivity contribution in [2.24, 2.45) is 0 Å². The van der Waals surface area contributed by atoms with Crippen molar-refractivity contribution in [3.8, 4) is 0 Å². The number of nitrogens with zero attached hydrogens (tertiary/aromatic N) is 3. The molecule has 4 rings (SSSR count). The highest BCUT2D eigenvalue weighted by Crippen LogP contribution is 2.46. The molecule has 154 valence electrons. The molecule has 0 amide bonds. The number of fused-ring (bicyclic) bond motifs is 1. The minimum absolute atomic E-state index is 0.377. The van der Waals surface area contributed by atoms with Crippen molar-refractivity contribution in [3.63, 3.8) is 0 Å². The van der Waals surface area contributed by atoms with Gasteiger partial charge in [0.15, 0.2) is 11.3 Å². The molecule has 5 nitrogen and oxygen atoms in total. The standard InChI is InChI=1S/C25H27N3O2/c1-5-28(6-2)21-15-11-19(12-16-21)25(18-9-13-20(14-10-18)27(3)4)22-8-7-17-26-23(22)24(29)30-25/h7-17H,5-6H2,1-4H3. The lowest BCUT2D eigenvalue weighted by atomic mass is 9.80. The lowest BCUT2D eigenvalue weighted by Crippen LogP contribution is -2.30. The van der Waals surface area contributed by atoms with Crippen LogP contribution in [0.15, 0.2) is 66.9 Å². The Hall–Kier alpha value is -3.34. The number of hydrogen-bond donors (Lipinski definition) is 0. The fourth-order valence-electron chi connectivity index (χ4n) is 4.18. The van der Waals surface area contributed by atoms with E-state index in [-0.39, 0.29) is 0 Å². The van der Waals surface area contributed by atoms with Crippen LogP contribution >= 0.6 is 0 Å². The summed E-state index contributed by atoms with van der Waals surface area (Å²) < 4.78 is 6.12. The van der Waals surface area contributed by atoms with Gasteiger partial charge in [-0.25, -0.2) is 9.78 Å². The van der Waals surface area contributed by atoms with E-state index in [4.69, 9.17) is 4.74 Å². The van der Waals surface area contributed by atoms with Crippen LogP contribution in [0.2, 0.25) is 0 Å². The number of anilines is 2. The minimum Gasteiger partial charge on any atom is -0.439 e. The van der Waals surface area contributed by atoms with Crippen molar-refractivity contribution in [2.75, 3.05) is 37.0 Å². The van der Waals surface area contributed by atoms with Crippen molar-refractivity contribution >= 4 is 17.3 Å². The van der Waals surface area contributed by atoms with Gasteiger partial charge in [-0.3, -0.25) is 0 Å². The summed E-state index contributed by atoms with van der Waals surface area (Å²) in [6.07, 6.45) is 1.63. The number of carbonyl (C=O) groups is 1. The molecule has 30 heavy (non-hydrogen) atoms. The van der Waals surface area contributed by atoms with Gasteiger partial charge < -0.3 is 14.5 Å². The van der Waals surface area contributed by atoms with Crippen LogP contribution in [0, 0.1) is 0 Å². The lowest BCUT2D eigenvalue weighted by molar-refractivity contribution is 0.0249. The smallest absolute Gasteiger partial charge is 0.358 e. The quantitative estimate of drug-likeness (QED) is 0.571. The average molecular weight is 402 g/mol. The molecule has 0 fully saturated rings. The number of cyclic esters (lactones) is 1. The first-order chi connectivity index (χ1) is 14.5. The van der Waals surface area contributed by atoms with E-state index in [1.165, 1.54) is 0 Å². The molecular formula is C25H27N3O2. The molecule has 1 aromatic heterocycles. The second kappa shape index (κ2) is 7.82. The molecule has 1 atom stereocenters. The van der Waals surface area contributed by atoms with E-state index >= 15 is 0 Å². The van der Waals surface area contributed by atoms with E-state index in [9.17, 15) is 4.79 Å². The zero-order valence-corrected chi connectivity index (χ0v) is 17.9. The summed E-state index contributed by atoms with van der Waals surface area (Å²) in [5.41, 5.74) is 4.21. The number of carbonyl (C=O) groups excluding carboxylic acids is 1. The van der Waals surface area contributed by atoms with E-state index in [1.807, 2.05) is 55.4 Å². The molecule has 1 aliphatic heterocycles. The Balaban J connectivity index is 1.89. The molecule has 1 unspecified atom stereocenters. The van der Waals surface area contributed by atoms with Crippen molar-refractivity contribution in [2.45, 2.75) is 19.4 Å². The van der Waals surface area contributed by atoms with Gasteiger partial charge in [0.25, 0.3) is 0 Å². The Bertz CT molecular complexity index is 1040. The first-order valence-electron chi connectivity index (χ1n) is 10.3. The van der Waals surface area contributed by atoms with Crippen LogP contribution in [0.5, 0.6) is 0 Å². The third kappa shape index (κ3) is 3.11. The maximum atomic E-state index is 12.8. The Morgan fingerprint density at radius 3 is 1.97 bits per heavy atom. The van der Waals surface area contributed by atoms with E-state index < -0.39 is 11.6 Å². The summed E-state index contributed by atoms with van der Waals surface area (Å²) in [6.45, 7) is 6.17. The zero-order valence-electron chi connectivity index (χ0n) is 17.9. The Kier molecular flexibility index (Phi) is 5.20. The van der Waals surface area contributed by atoms with Gasteiger partial charge in [-0.05, 0) is 44.2 Å². The summed E-state index contributed by atoms with van der Waals surface area (Å²) in [5.74, 6) is -0.393. The molecule has 1 aliphatic rings. The van der Waals surface area contributed by atoms with Crippen LogP contribution in [-0.2, 0) is 10.3 Å². The van der Waals surface area contributed by atoms with E-state index in [0.29, 0.717) is 5.69 Å². The Labute approximate surface area is 177 Å². The molecule has 0 N–H and O–H groups in total. The number of ether oxygens (including phenoxy) is 1. The predicted molar refractivity (Wildman–Crippen MR) is 120 cm³/mol. The zero-order chi connectivity index (χ0) is 21.3. The SMILES string of the molecule is CCN(CC)c1ccc(C2(c3ccc(N(C)C)cc3)OC(=O)c3ncccc32)cc1. The second-order valence-corrected chi connectivity index (χ2v) is 7.63. The van der Waals surface area contributed by atoms with Crippen LogP contribution < -0.4 is 9.80 Å². The highest BCUT2D eigenvalue weighted by Gasteiger charge is 2.49. The van der Waals surface area contributed by atoms with Crippen molar-refractivity contribution in [1.82, 2.24) is 4.98 Å². The molecule has 0 aliphatic carbocycles. The number of rotatable bonds is 6. The Morgan fingerprint density at radius 2 is 1.43 bits per heavy atom. The molecule has 0 bridgehead atoms. The van der Waals surface area contributed by atoms with Crippen LogP contribution in [0.1, 0.15) is 41.0 Å². The number of aromatic nitrogens is 1. The van der Waals surface area contributed by atoms with Gasteiger partial charge in [0.05, 0.1) is 0 Å². The number of esters is 1. The average Bonchev–Trinajstić information content (AvgIpc) is 3.09. The normalized spacial score (nSPS) is 17.4. The van der Waals surface area contributed by atoms with Gasteiger partial charge in [-0.1, -0.05) is 30.3 Å². The largest absolute Gasteiger partial charge is 0.439 e. The summed E-state index contributed by atoms with van der Waals surface area (Å²) in [7, 11) is 4.01. The topological polar surface area (TPSA) is 45.7 Å². The maximum absolute atomic E-state index is 12.8. The van der Waals surface area contributed by atoms with Gasteiger partial charge in [-0.15, -0.1) is 0 Å². The minimum atomic E-state index is -1.01. The molecule has 3 aromatic rings. The molecule has 0 saturated heterocycles. The van der Waals surface area contributed by atoms with Gasteiger partial charge in [0.2, 0.25) is 0 Å². The third-order valence-corrected chi connectivity index (χ3v) is 5.82. The van der Waals surface area contributed by atoms with Crippen molar-refractivity contribution in [1.29, 1.82) is 0 Å². The summed E-state index contributed by atoms with van der Waals surface area (Å²) in [4.78, 5) is 21.4. The molecule has 5 heteroatoms. The monoisotopic (exact) mass is 401 g/mol. The first-order valence-corrected chi connectivity index (χ1v) is 10.3. The number of hydrogen-bond acceptors (Lipinski definition) is 5. The lowest BCUT2D eigenvalue weighted by Gasteiger charge is -2.31. The summed E-state index contributed by atoms with van der Waals surface area (Å²) >= 11 is 0. The third-order valence-electron chi connectivity index (χ3n) is 5.82. The fraction of sp³-hybridized carbons (Fsp3) is 0.280. The van der Waals surface area contributed by atoms with Gasteiger partial charge in [-0.2, -0.15) is 0 Å². The Morgan fingerprint density at radius 1 is 0.867 bits per heavy atom. The molecule has 0 saturated carbocycles. The van der Waals surface area contributed by atoms with Crippen LogP contribution in [-0.4, -0.2) is 38.1 Å². The molecule has 2 aromatic carbocycles. The summed E-state index contributed by atoms with van der Waals surface area (Å²) in [5, 5.41) is 0. The fourth-order valence-corrected chi connectivity index (χ4v) is 4.18.